The summed E-state index contributed by atoms with van der Waals surface area (Å²) in [6.07, 6.45) is 4.35. The van der Waals surface area contributed by atoms with Crippen molar-refractivity contribution in [3.05, 3.63) is 0 Å². The van der Waals surface area contributed by atoms with E-state index in [0.717, 1.165) is 19.3 Å². The van der Waals surface area contributed by atoms with Gasteiger partial charge in [0, 0.05) is 6.04 Å². The summed E-state index contributed by atoms with van der Waals surface area (Å²) < 4.78 is 0. The molecule has 0 bridgehead atoms. The maximum Gasteiger partial charge on any atom is 0.248 e. The summed E-state index contributed by atoms with van der Waals surface area (Å²) in [6.45, 7) is 9.93. The minimum Gasteiger partial charge on any atom is -0.340 e. The summed E-state index contributed by atoms with van der Waals surface area (Å²) in [5.41, 5.74) is -0.508. The van der Waals surface area contributed by atoms with Crippen molar-refractivity contribution in [3.63, 3.8) is 0 Å². The summed E-state index contributed by atoms with van der Waals surface area (Å²) in [4.78, 5) is 26.5. The van der Waals surface area contributed by atoms with E-state index in [9.17, 15) is 9.59 Å². The molecular formula is C15H26N2O2. The number of amides is 2. The first-order valence-electron chi connectivity index (χ1n) is 7.29. The molecule has 2 rings (SSSR count). The van der Waals surface area contributed by atoms with Gasteiger partial charge >= 0.3 is 0 Å². The number of piperazine rings is 1. The molecule has 4 heteroatoms. The van der Waals surface area contributed by atoms with E-state index in [1.165, 1.54) is 6.42 Å². The molecule has 1 heterocycles. The van der Waals surface area contributed by atoms with Crippen LogP contribution in [0.2, 0.25) is 0 Å². The Morgan fingerprint density at radius 2 is 1.84 bits per heavy atom. The summed E-state index contributed by atoms with van der Waals surface area (Å²) in [7, 11) is 0. The number of carbonyl (C=O) groups is 2. The molecule has 2 fully saturated rings. The zero-order valence-corrected chi connectivity index (χ0v) is 12.7. The van der Waals surface area contributed by atoms with Crippen LogP contribution in [0, 0.1) is 5.41 Å². The van der Waals surface area contributed by atoms with E-state index < -0.39 is 5.54 Å². The molecule has 0 aromatic heterocycles. The fourth-order valence-corrected chi connectivity index (χ4v) is 3.47. The van der Waals surface area contributed by atoms with Gasteiger partial charge in [0.05, 0.1) is 0 Å². The lowest BCUT2D eigenvalue weighted by Gasteiger charge is -2.49. The number of nitrogens with one attached hydrogen (secondary N) is 1. The Bertz CT molecular complexity index is 401. The molecule has 1 aliphatic heterocycles. The van der Waals surface area contributed by atoms with E-state index in [4.69, 9.17) is 0 Å². The molecule has 2 aliphatic rings. The van der Waals surface area contributed by atoms with Gasteiger partial charge in [0.2, 0.25) is 11.8 Å². The van der Waals surface area contributed by atoms with Crippen LogP contribution >= 0.6 is 0 Å². The van der Waals surface area contributed by atoms with Crippen LogP contribution in [-0.2, 0) is 9.59 Å². The Labute approximate surface area is 115 Å². The fourth-order valence-electron chi connectivity index (χ4n) is 3.47. The first-order chi connectivity index (χ1) is 8.64. The molecule has 1 N–H and O–H groups in total. The average molecular weight is 266 g/mol. The Kier molecular flexibility index (Phi) is 3.40. The SMILES string of the molecule is CC1C(=O)NC(C)(C)C(=O)N1C1CCCC(C)(C)C1. The molecule has 1 saturated heterocycles. The number of hydrogen-bond acceptors (Lipinski definition) is 2. The second-order valence-corrected chi connectivity index (χ2v) is 7.42. The molecule has 1 saturated carbocycles. The summed E-state index contributed by atoms with van der Waals surface area (Å²) in [5, 5.41) is 2.81. The van der Waals surface area contributed by atoms with Crippen LogP contribution in [0.5, 0.6) is 0 Å². The van der Waals surface area contributed by atoms with Gasteiger partial charge in [0.15, 0.2) is 0 Å². The zero-order valence-electron chi connectivity index (χ0n) is 12.7. The normalized spacial score (nSPS) is 34.1. The highest BCUT2D eigenvalue weighted by molar-refractivity contribution is 5.99. The number of nitrogens with zero attached hydrogens (tertiary/aromatic N) is 1. The van der Waals surface area contributed by atoms with Gasteiger partial charge in [0.1, 0.15) is 11.6 Å². The highest BCUT2D eigenvalue weighted by atomic mass is 16.2. The lowest BCUT2D eigenvalue weighted by molar-refractivity contribution is -0.157. The van der Waals surface area contributed by atoms with Gasteiger partial charge in [-0.05, 0) is 45.4 Å². The molecule has 0 radical (unpaired) electrons. The monoisotopic (exact) mass is 266 g/mol. The first kappa shape index (κ1) is 14.4. The Balaban J connectivity index is 2.25. The lowest BCUT2D eigenvalue weighted by Crippen LogP contribution is -2.69. The third-order valence-electron chi connectivity index (χ3n) is 4.57. The van der Waals surface area contributed by atoms with Crippen molar-refractivity contribution in [2.75, 3.05) is 0 Å². The standard InChI is InChI=1S/C15H26N2O2/c1-10-12(18)16-15(4,5)13(19)17(10)11-7-6-8-14(2,3)9-11/h10-11H,6-9H2,1-5H3,(H,16,18). The van der Waals surface area contributed by atoms with E-state index in [1.54, 1.807) is 13.8 Å². The summed E-state index contributed by atoms with van der Waals surface area (Å²) >= 11 is 0. The van der Waals surface area contributed by atoms with Crippen LogP contribution < -0.4 is 5.32 Å². The van der Waals surface area contributed by atoms with E-state index in [0.29, 0.717) is 0 Å². The van der Waals surface area contributed by atoms with Crippen LogP contribution in [-0.4, -0.2) is 34.3 Å². The molecule has 1 aliphatic carbocycles. The predicted molar refractivity (Wildman–Crippen MR) is 74.6 cm³/mol. The Morgan fingerprint density at radius 3 is 2.42 bits per heavy atom. The summed E-state index contributed by atoms with van der Waals surface area (Å²) in [6, 6.07) is -0.143. The zero-order chi connectivity index (χ0) is 14.4. The molecule has 4 nitrogen and oxygen atoms in total. The lowest BCUT2D eigenvalue weighted by atomic mass is 9.74. The number of carbonyl (C=O) groups excluding carboxylic acids is 2. The average Bonchev–Trinajstić information content (AvgIpc) is 2.25. The maximum absolute atomic E-state index is 12.6. The van der Waals surface area contributed by atoms with Crippen LogP contribution in [0.4, 0.5) is 0 Å². The minimum absolute atomic E-state index is 0.0343. The Hall–Kier alpha value is -1.06. The minimum atomic E-state index is -0.773. The van der Waals surface area contributed by atoms with E-state index in [2.05, 4.69) is 19.2 Å². The van der Waals surface area contributed by atoms with Crippen molar-refractivity contribution in [1.29, 1.82) is 0 Å². The third kappa shape index (κ3) is 2.63. The van der Waals surface area contributed by atoms with Crippen LogP contribution in [0.15, 0.2) is 0 Å². The van der Waals surface area contributed by atoms with Crippen molar-refractivity contribution in [2.24, 2.45) is 5.41 Å². The number of hydrogen-bond donors (Lipinski definition) is 1. The fraction of sp³-hybridized carbons (Fsp3) is 0.867. The molecule has 2 atom stereocenters. The van der Waals surface area contributed by atoms with Gasteiger partial charge in [-0.3, -0.25) is 9.59 Å². The van der Waals surface area contributed by atoms with Crippen molar-refractivity contribution in [2.45, 2.75) is 77.9 Å². The molecule has 0 spiro atoms. The highest BCUT2D eigenvalue weighted by Crippen LogP contribution is 2.39. The molecule has 0 aromatic carbocycles. The number of rotatable bonds is 1. The molecule has 19 heavy (non-hydrogen) atoms. The van der Waals surface area contributed by atoms with Crippen molar-refractivity contribution in [3.8, 4) is 0 Å². The largest absolute Gasteiger partial charge is 0.340 e. The second kappa shape index (κ2) is 4.50. The highest BCUT2D eigenvalue weighted by Gasteiger charge is 2.47. The maximum atomic E-state index is 12.6. The van der Waals surface area contributed by atoms with Gasteiger partial charge < -0.3 is 10.2 Å². The van der Waals surface area contributed by atoms with Crippen molar-refractivity contribution >= 4 is 11.8 Å². The quantitative estimate of drug-likeness (QED) is 0.790. The smallest absolute Gasteiger partial charge is 0.248 e. The van der Waals surface area contributed by atoms with Crippen molar-refractivity contribution in [1.82, 2.24) is 10.2 Å². The van der Waals surface area contributed by atoms with E-state index in [1.807, 2.05) is 11.8 Å². The summed E-state index contributed by atoms with van der Waals surface area (Å²) in [5.74, 6) is 0.0234. The van der Waals surface area contributed by atoms with Crippen molar-refractivity contribution < 1.29 is 9.59 Å². The van der Waals surface area contributed by atoms with E-state index in [-0.39, 0.29) is 29.3 Å². The molecular weight excluding hydrogens is 240 g/mol. The van der Waals surface area contributed by atoms with Crippen LogP contribution in [0.1, 0.15) is 60.3 Å². The molecule has 108 valence electrons. The van der Waals surface area contributed by atoms with Crippen LogP contribution in [0.25, 0.3) is 0 Å². The van der Waals surface area contributed by atoms with Gasteiger partial charge in [-0.15, -0.1) is 0 Å². The van der Waals surface area contributed by atoms with Crippen LogP contribution in [0.3, 0.4) is 0 Å². The van der Waals surface area contributed by atoms with E-state index >= 15 is 0 Å². The Morgan fingerprint density at radius 1 is 1.21 bits per heavy atom. The second-order valence-electron chi connectivity index (χ2n) is 7.42. The topological polar surface area (TPSA) is 49.4 Å². The molecule has 2 amide bonds. The first-order valence-corrected chi connectivity index (χ1v) is 7.29. The predicted octanol–water partition coefficient (Wildman–Crippen LogP) is 2.08. The van der Waals surface area contributed by atoms with Gasteiger partial charge in [-0.2, -0.15) is 0 Å². The van der Waals surface area contributed by atoms with Gasteiger partial charge in [-0.25, -0.2) is 0 Å². The molecule has 2 unspecified atom stereocenters. The third-order valence-corrected chi connectivity index (χ3v) is 4.57. The van der Waals surface area contributed by atoms with Gasteiger partial charge in [-0.1, -0.05) is 20.3 Å². The van der Waals surface area contributed by atoms with Gasteiger partial charge in [0.25, 0.3) is 0 Å². The molecule has 0 aromatic rings.